The second-order valence-corrected chi connectivity index (χ2v) is 5.70. The van der Waals surface area contributed by atoms with Crippen molar-refractivity contribution in [3.05, 3.63) is 65.5 Å². The topological polar surface area (TPSA) is 62.2 Å². The summed E-state index contributed by atoms with van der Waals surface area (Å²) in [6.45, 7) is 5.82. The van der Waals surface area contributed by atoms with E-state index in [9.17, 15) is 4.79 Å². The normalized spacial score (nSPS) is 11.3. The van der Waals surface area contributed by atoms with Gasteiger partial charge >= 0.3 is 5.97 Å². The Morgan fingerprint density at radius 3 is 2.48 bits per heavy atom. The summed E-state index contributed by atoms with van der Waals surface area (Å²) in [5, 5.41) is 12.2. The maximum absolute atomic E-state index is 10.8. The van der Waals surface area contributed by atoms with Crippen molar-refractivity contribution < 1.29 is 9.90 Å². The van der Waals surface area contributed by atoms with Crippen LogP contribution in [-0.4, -0.2) is 22.6 Å². The smallest absolute Gasteiger partial charge is 0.337 e. The number of pyridine rings is 1. The van der Waals surface area contributed by atoms with E-state index < -0.39 is 5.97 Å². The van der Waals surface area contributed by atoms with Crippen LogP contribution >= 0.6 is 0 Å². The first kappa shape index (κ1) is 15.2. The second kappa shape index (κ2) is 6.50. The van der Waals surface area contributed by atoms with E-state index in [2.05, 4.69) is 36.3 Å². The molecule has 1 heterocycles. The van der Waals surface area contributed by atoms with E-state index in [-0.39, 0.29) is 11.0 Å². The average molecular weight is 284 g/mol. The predicted molar refractivity (Wildman–Crippen MR) is 82.4 cm³/mol. The van der Waals surface area contributed by atoms with Crippen LogP contribution in [0.15, 0.2) is 48.7 Å². The van der Waals surface area contributed by atoms with Crippen LogP contribution < -0.4 is 5.32 Å². The lowest BCUT2D eigenvalue weighted by Crippen LogP contribution is -2.32. The summed E-state index contributed by atoms with van der Waals surface area (Å²) in [5.41, 5.74) is 2.36. The number of aromatic nitrogens is 1. The zero-order valence-electron chi connectivity index (χ0n) is 12.3. The standard InChI is InChI=1S/C17H20N2O2/c1-17(2,14-6-4-3-5-7-14)12-18-11-15-9-8-13(10-19-15)16(20)21/h3-10,18H,11-12H2,1-2H3,(H,20,21). The van der Waals surface area contributed by atoms with E-state index in [0.717, 1.165) is 12.2 Å². The molecule has 21 heavy (non-hydrogen) atoms. The van der Waals surface area contributed by atoms with Crippen molar-refractivity contribution in [1.82, 2.24) is 10.3 Å². The van der Waals surface area contributed by atoms with Gasteiger partial charge in [0.05, 0.1) is 11.3 Å². The summed E-state index contributed by atoms with van der Waals surface area (Å²) in [4.78, 5) is 14.9. The lowest BCUT2D eigenvalue weighted by atomic mass is 9.84. The molecule has 0 radical (unpaired) electrons. The predicted octanol–water partition coefficient (Wildman–Crippen LogP) is 2.85. The Hall–Kier alpha value is -2.20. The van der Waals surface area contributed by atoms with Crippen LogP contribution in [0.3, 0.4) is 0 Å². The molecule has 0 fully saturated rings. The Morgan fingerprint density at radius 2 is 1.90 bits per heavy atom. The first-order valence-electron chi connectivity index (χ1n) is 6.93. The van der Waals surface area contributed by atoms with Gasteiger partial charge in [0.2, 0.25) is 0 Å². The molecule has 2 rings (SSSR count). The molecule has 0 atom stereocenters. The summed E-state index contributed by atoms with van der Waals surface area (Å²) in [6.07, 6.45) is 1.39. The summed E-state index contributed by atoms with van der Waals surface area (Å²) >= 11 is 0. The number of aromatic carboxylic acids is 1. The van der Waals surface area contributed by atoms with Crippen molar-refractivity contribution in [2.45, 2.75) is 25.8 Å². The molecule has 0 aliphatic carbocycles. The van der Waals surface area contributed by atoms with Gasteiger partial charge < -0.3 is 10.4 Å². The van der Waals surface area contributed by atoms with Crippen LogP contribution in [-0.2, 0) is 12.0 Å². The Balaban J connectivity index is 1.90. The van der Waals surface area contributed by atoms with Crippen LogP contribution in [0.5, 0.6) is 0 Å². The lowest BCUT2D eigenvalue weighted by Gasteiger charge is -2.25. The van der Waals surface area contributed by atoms with Gasteiger partial charge in [0.25, 0.3) is 0 Å². The summed E-state index contributed by atoms with van der Waals surface area (Å²) in [6, 6.07) is 13.7. The molecule has 1 aromatic carbocycles. The van der Waals surface area contributed by atoms with Crippen molar-refractivity contribution in [2.24, 2.45) is 0 Å². The maximum Gasteiger partial charge on any atom is 0.337 e. The van der Waals surface area contributed by atoms with Gasteiger partial charge in [0, 0.05) is 24.7 Å². The molecule has 0 bridgehead atoms. The van der Waals surface area contributed by atoms with Gasteiger partial charge in [-0.05, 0) is 17.7 Å². The molecule has 2 aromatic rings. The van der Waals surface area contributed by atoms with Gasteiger partial charge in [-0.3, -0.25) is 4.98 Å². The SMILES string of the molecule is CC(C)(CNCc1ccc(C(=O)O)cn1)c1ccccc1. The highest BCUT2D eigenvalue weighted by Gasteiger charge is 2.19. The third-order valence-electron chi connectivity index (χ3n) is 3.50. The zero-order valence-corrected chi connectivity index (χ0v) is 12.3. The van der Waals surface area contributed by atoms with Crippen molar-refractivity contribution in [1.29, 1.82) is 0 Å². The Labute approximate surface area is 124 Å². The van der Waals surface area contributed by atoms with E-state index in [4.69, 9.17) is 5.11 Å². The average Bonchev–Trinajstić information content (AvgIpc) is 2.48. The number of nitrogens with zero attached hydrogens (tertiary/aromatic N) is 1. The molecule has 1 aromatic heterocycles. The van der Waals surface area contributed by atoms with E-state index in [0.29, 0.717) is 6.54 Å². The van der Waals surface area contributed by atoms with Crippen molar-refractivity contribution >= 4 is 5.97 Å². The van der Waals surface area contributed by atoms with Crippen LogP contribution in [0.4, 0.5) is 0 Å². The largest absolute Gasteiger partial charge is 0.478 e. The third-order valence-corrected chi connectivity index (χ3v) is 3.50. The number of nitrogens with one attached hydrogen (secondary N) is 1. The minimum Gasteiger partial charge on any atom is -0.478 e. The van der Waals surface area contributed by atoms with E-state index >= 15 is 0 Å². The van der Waals surface area contributed by atoms with E-state index in [1.165, 1.54) is 11.8 Å². The van der Waals surface area contributed by atoms with Gasteiger partial charge in [0.1, 0.15) is 0 Å². The van der Waals surface area contributed by atoms with Crippen molar-refractivity contribution in [2.75, 3.05) is 6.54 Å². The van der Waals surface area contributed by atoms with Gasteiger partial charge in [-0.25, -0.2) is 4.79 Å². The molecule has 110 valence electrons. The summed E-state index contributed by atoms with van der Waals surface area (Å²) in [7, 11) is 0. The molecule has 2 N–H and O–H groups in total. The van der Waals surface area contributed by atoms with E-state index in [1.807, 2.05) is 18.2 Å². The van der Waals surface area contributed by atoms with Crippen LogP contribution in [0, 0.1) is 0 Å². The summed E-state index contributed by atoms with van der Waals surface area (Å²) < 4.78 is 0. The Morgan fingerprint density at radius 1 is 1.19 bits per heavy atom. The monoisotopic (exact) mass is 284 g/mol. The molecule has 0 spiro atoms. The lowest BCUT2D eigenvalue weighted by molar-refractivity contribution is 0.0696. The Kier molecular flexibility index (Phi) is 4.70. The van der Waals surface area contributed by atoms with Gasteiger partial charge in [-0.1, -0.05) is 44.2 Å². The minimum atomic E-state index is -0.952. The molecule has 0 aliphatic rings. The third kappa shape index (κ3) is 4.13. The van der Waals surface area contributed by atoms with Crippen molar-refractivity contribution in [3.63, 3.8) is 0 Å². The quantitative estimate of drug-likeness (QED) is 0.856. The maximum atomic E-state index is 10.8. The number of benzene rings is 1. The van der Waals surface area contributed by atoms with Crippen LogP contribution in [0.2, 0.25) is 0 Å². The first-order valence-corrected chi connectivity index (χ1v) is 6.93. The van der Waals surface area contributed by atoms with Crippen molar-refractivity contribution in [3.8, 4) is 0 Å². The van der Waals surface area contributed by atoms with Gasteiger partial charge in [-0.15, -0.1) is 0 Å². The molecular formula is C17H20N2O2. The van der Waals surface area contributed by atoms with Crippen LogP contribution in [0.25, 0.3) is 0 Å². The number of hydrogen-bond donors (Lipinski definition) is 2. The second-order valence-electron chi connectivity index (χ2n) is 5.70. The fraction of sp³-hybridized carbons (Fsp3) is 0.294. The highest BCUT2D eigenvalue weighted by Crippen LogP contribution is 2.21. The molecule has 0 saturated carbocycles. The highest BCUT2D eigenvalue weighted by molar-refractivity contribution is 5.87. The molecule has 0 aliphatic heterocycles. The number of carbonyl (C=O) groups is 1. The minimum absolute atomic E-state index is 0.0300. The Bertz CT molecular complexity index is 592. The molecule has 0 unspecified atom stereocenters. The number of hydrogen-bond acceptors (Lipinski definition) is 3. The molecule has 4 heteroatoms. The molecule has 0 saturated heterocycles. The molecule has 0 amide bonds. The summed E-state index contributed by atoms with van der Waals surface area (Å²) in [5.74, 6) is -0.952. The zero-order chi connectivity index (χ0) is 15.3. The fourth-order valence-corrected chi connectivity index (χ4v) is 2.15. The number of carboxylic acids is 1. The fourth-order valence-electron chi connectivity index (χ4n) is 2.15. The number of rotatable bonds is 6. The highest BCUT2D eigenvalue weighted by atomic mass is 16.4. The van der Waals surface area contributed by atoms with Crippen LogP contribution in [0.1, 0.15) is 35.5 Å². The van der Waals surface area contributed by atoms with Gasteiger partial charge in [0.15, 0.2) is 0 Å². The number of carboxylic acid groups (broad SMARTS) is 1. The molecule has 4 nitrogen and oxygen atoms in total. The molecular weight excluding hydrogens is 264 g/mol. The first-order chi connectivity index (χ1) is 9.99. The van der Waals surface area contributed by atoms with E-state index in [1.54, 1.807) is 12.1 Å². The van der Waals surface area contributed by atoms with Gasteiger partial charge in [-0.2, -0.15) is 0 Å².